The normalized spacial score (nSPS) is 15.5. The highest BCUT2D eigenvalue weighted by atomic mass is 35.5. The van der Waals surface area contributed by atoms with Crippen molar-refractivity contribution in [1.29, 1.82) is 5.26 Å². The number of piperazine rings is 1. The molecule has 0 atom stereocenters. The van der Waals surface area contributed by atoms with Crippen molar-refractivity contribution in [1.82, 2.24) is 9.88 Å². The second kappa shape index (κ2) is 6.57. The Labute approximate surface area is 141 Å². The Morgan fingerprint density at radius 1 is 1.13 bits per heavy atom. The zero-order chi connectivity index (χ0) is 16.4. The van der Waals surface area contributed by atoms with Crippen molar-refractivity contribution in [2.45, 2.75) is 6.92 Å². The summed E-state index contributed by atoms with van der Waals surface area (Å²) in [5.74, 6) is 0.848. The van der Waals surface area contributed by atoms with E-state index in [2.05, 4.69) is 27.9 Å². The van der Waals surface area contributed by atoms with Crippen LogP contribution in [0, 0.1) is 18.3 Å². The second-order valence-corrected chi connectivity index (χ2v) is 6.27. The Kier molecular flexibility index (Phi) is 4.51. The van der Waals surface area contributed by atoms with Crippen molar-refractivity contribution in [3.63, 3.8) is 0 Å². The van der Waals surface area contributed by atoms with Gasteiger partial charge in [0.1, 0.15) is 17.0 Å². The fourth-order valence-corrected chi connectivity index (χ4v) is 3.12. The minimum Gasteiger partial charge on any atom is -0.354 e. The van der Waals surface area contributed by atoms with E-state index in [-0.39, 0.29) is 5.15 Å². The second-order valence-electron chi connectivity index (χ2n) is 5.91. The van der Waals surface area contributed by atoms with Gasteiger partial charge in [0.25, 0.3) is 0 Å². The van der Waals surface area contributed by atoms with Gasteiger partial charge in [-0.3, -0.25) is 0 Å². The summed E-state index contributed by atoms with van der Waals surface area (Å²) in [6.07, 6.45) is 0. The van der Waals surface area contributed by atoms with Crippen LogP contribution in [0.4, 0.5) is 5.82 Å². The van der Waals surface area contributed by atoms with Gasteiger partial charge in [-0.25, -0.2) is 4.98 Å². The molecule has 1 aliphatic heterocycles. The van der Waals surface area contributed by atoms with E-state index in [1.807, 2.05) is 37.3 Å². The van der Waals surface area contributed by atoms with Gasteiger partial charge in [-0.05, 0) is 31.2 Å². The lowest BCUT2D eigenvalue weighted by molar-refractivity contribution is 0.312. The summed E-state index contributed by atoms with van der Waals surface area (Å²) >= 11 is 6.31. The summed E-state index contributed by atoms with van der Waals surface area (Å²) in [5, 5.41) is 9.77. The molecule has 0 bridgehead atoms. The molecule has 2 aromatic rings. The molecular weight excluding hydrogens is 308 g/mol. The van der Waals surface area contributed by atoms with Crippen molar-refractivity contribution in [3.8, 4) is 17.2 Å². The van der Waals surface area contributed by atoms with Gasteiger partial charge >= 0.3 is 0 Å². The van der Waals surface area contributed by atoms with Crippen LogP contribution >= 0.6 is 11.6 Å². The van der Waals surface area contributed by atoms with Gasteiger partial charge in [-0.2, -0.15) is 5.26 Å². The number of halogens is 1. The number of hydrogen-bond donors (Lipinski definition) is 0. The van der Waals surface area contributed by atoms with Crippen LogP contribution in [0.2, 0.25) is 5.15 Å². The van der Waals surface area contributed by atoms with Crippen LogP contribution in [0.25, 0.3) is 11.1 Å². The first-order valence-electron chi connectivity index (χ1n) is 7.70. The fourth-order valence-electron chi connectivity index (χ4n) is 2.89. The van der Waals surface area contributed by atoms with E-state index in [1.165, 1.54) is 0 Å². The molecule has 1 aliphatic rings. The first kappa shape index (κ1) is 15.8. The molecule has 0 N–H and O–H groups in total. The zero-order valence-corrected chi connectivity index (χ0v) is 14.1. The van der Waals surface area contributed by atoms with Crippen molar-refractivity contribution in [2.24, 2.45) is 0 Å². The smallest absolute Gasteiger partial charge is 0.149 e. The number of pyridine rings is 1. The standard InChI is InChI=1S/C18H19ClN4/c1-13-5-3-4-6-14(13)15-11-17(21-18(19)16(15)12-20)23-9-7-22(2)8-10-23/h3-6,11H,7-10H2,1-2H3. The van der Waals surface area contributed by atoms with Gasteiger partial charge in [0, 0.05) is 31.7 Å². The maximum absolute atomic E-state index is 9.49. The van der Waals surface area contributed by atoms with Crippen LogP contribution in [0.1, 0.15) is 11.1 Å². The van der Waals surface area contributed by atoms with E-state index >= 15 is 0 Å². The van der Waals surface area contributed by atoms with E-state index in [9.17, 15) is 5.26 Å². The number of anilines is 1. The number of aryl methyl sites for hydroxylation is 1. The van der Waals surface area contributed by atoms with Crippen LogP contribution < -0.4 is 4.90 Å². The average molecular weight is 327 g/mol. The molecule has 1 aromatic heterocycles. The molecular formula is C18H19ClN4. The number of aromatic nitrogens is 1. The minimum absolute atomic E-state index is 0.280. The van der Waals surface area contributed by atoms with E-state index in [0.29, 0.717) is 5.56 Å². The van der Waals surface area contributed by atoms with E-state index in [4.69, 9.17) is 11.6 Å². The van der Waals surface area contributed by atoms with Crippen LogP contribution in [0.3, 0.4) is 0 Å². The number of nitriles is 1. The summed E-state index contributed by atoms with van der Waals surface area (Å²) < 4.78 is 0. The minimum atomic E-state index is 0.280. The quantitative estimate of drug-likeness (QED) is 0.794. The number of benzene rings is 1. The van der Waals surface area contributed by atoms with Crippen LogP contribution in [0.5, 0.6) is 0 Å². The first-order valence-corrected chi connectivity index (χ1v) is 8.08. The Morgan fingerprint density at radius 3 is 2.48 bits per heavy atom. The molecule has 0 unspecified atom stereocenters. The highest BCUT2D eigenvalue weighted by Crippen LogP contribution is 2.33. The monoisotopic (exact) mass is 326 g/mol. The van der Waals surface area contributed by atoms with E-state index in [0.717, 1.165) is 48.7 Å². The SMILES string of the molecule is Cc1ccccc1-c1cc(N2CCN(C)CC2)nc(Cl)c1C#N. The molecule has 5 heteroatoms. The maximum Gasteiger partial charge on any atom is 0.149 e. The van der Waals surface area contributed by atoms with Gasteiger partial charge in [0.05, 0.1) is 5.56 Å². The van der Waals surface area contributed by atoms with Crippen molar-refractivity contribution >= 4 is 17.4 Å². The lowest BCUT2D eigenvalue weighted by Gasteiger charge is -2.33. The number of likely N-dealkylation sites (N-methyl/N-ethyl adjacent to an activating group) is 1. The van der Waals surface area contributed by atoms with Gasteiger partial charge in [-0.15, -0.1) is 0 Å². The molecule has 3 rings (SSSR count). The van der Waals surface area contributed by atoms with Gasteiger partial charge in [-0.1, -0.05) is 35.9 Å². The largest absolute Gasteiger partial charge is 0.354 e. The number of nitrogens with zero attached hydrogens (tertiary/aromatic N) is 4. The van der Waals surface area contributed by atoms with Gasteiger partial charge in [0.15, 0.2) is 0 Å². The molecule has 23 heavy (non-hydrogen) atoms. The van der Waals surface area contributed by atoms with Crippen LogP contribution in [-0.2, 0) is 0 Å². The number of hydrogen-bond acceptors (Lipinski definition) is 4. The molecule has 2 heterocycles. The lowest BCUT2D eigenvalue weighted by Crippen LogP contribution is -2.44. The van der Waals surface area contributed by atoms with Crippen LogP contribution in [-0.4, -0.2) is 43.1 Å². The summed E-state index contributed by atoms with van der Waals surface area (Å²) in [4.78, 5) is 8.99. The summed E-state index contributed by atoms with van der Waals surface area (Å²) in [6.45, 7) is 5.87. The molecule has 0 aliphatic carbocycles. The van der Waals surface area contributed by atoms with Crippen molar-refractivity contribution < 1.29 is 0 Å². The molecule has 0 radical (unpaired) electrons. The highest BCUT2D eigenvalue weighted by Gasteiger charge is 2.20. The molecule has 1 fully saturated rings. The predicted octanol–water partition coefficient (Wildman–Crippen LogP) is 3.33. The highest BCUT2D eigenvalue weighted by molar-refractivity contribution is 6.31. The molecule has 1 aromatic carbocycles. The first-order chi connectivity index (χ1) is 11.1. The summed E-state index contributed by atoms with van der Waals surface area (Å²) in [6, 6.07) is 12.2. The lowest BCUT2D eigenvalue weighted by atomic mass is 9.97. The predicted molar refractivity (Wildman–Crippen MR) is 93.8 cm³/mol. The fraction of sp³-hybridized carbons (Fsp3) is 0.333. The third-order valence-corrected chi connectivity index (χ3v) is 4.61. The molecule has 118 valence electrons. The number of rotatable bonds is 2. The third kappa shape index (κ3) is 3.17. The Bertz CT molecular complexity index is 758. The van der Waals surface area contributed by atoms with E-state index in [1.54, 1.807) is 0 Å². The van der Waals surface area contributed by atoms with Crippen LogP contribution in [0.15, 0.2) is 30.3 Å². The van der Waals surface area contributed by atoms with Crippen molar-refractivity contribution in [3.05, 3.63) is 46.6 Å². The Hall–Kier alpha value is -2.09. The molecule has 0 spiro atoms. The zero-order valence-electron chi connectivity index (χ0n) is 13.4. The summed E-state index contributed by atoms with van der Waals surface area (Å²) in [7, 11) is 2.12. The Balaban J connectivity index is 2.08. The van der Waals surface area contributed by atoms with Gasteiger partial charge in [0.2, 0.25) is 0 Å². The molecule has 0 saturated carbocycles. The van der Waals surface area contributed by atoms with Gasteiger partial charge < -0.3 is 9.80 Å². The van der Waals surface area contributed by atoms with E-state index < -0.39 is 0 Å². The molecule has 1 saturated heterocycles. The topological polar surface area (TPSA) is 43.2 Å². The maximum atomic E-state index is 9.49. The molecule has 0 amide bonds. The summed E-state index contributed by atoms with van der Waals surface area (Å²) in [5.41, 5.74) is 3.46. The third-order valence-electron chi connectivity index (χ3n) is 4.34. The Morgan fingerprint density at radius 2 is 1.83 bits per heavy atom. The van der Waals surface area contributed by atoms with Crippen molar-refractivity contribution in [2.75, 3.05) is 38.1 Å². The average Bonchev–Trinajstić information content (AvgIpc) is 2.55. The molecule has 4 nitrogen and oxygen atoms in total.